The summed E-state index contributed by atoms with van der Waals surface area (Å²) < 4.78 is 11.2. The summed E-state index contributed by atoms with van der Waals surface area (Å²) >= 11 is 12.2. The molecule has 128 valence electrons. The van der Waals surface area contributed by atoms with Crippen molar-refractivity contribution in [2.24, 2.45) is 5.92 Å². The van der Waals surface area contributed by atoms with E-state index in [9.17, 15) is 9.59 Å². The Kier molecular flexibility index (Phi) is 4.84. The molecule has 0 aliphatic carbocycles. The standard InChI is InChI=1S/C19H14Cl2O4/c1-10(2)19(23)25-18-16(22)13-9-11(20)7-8-15(13)24-17(18)12-5-3-4-6-14(12)21/h3-10H,1-2H3. The lowest BCUT2D eigenvalue weighted by molar-refractivity contribution is -0.137. The van der Waals surface area contributed by atoms with Gasteiger partial charge >= 0.3 is 5.97 Å². The molecule has 0 bridgehead atoms. The number of halogens is 2. The van der Waals surface area contributed by atoms with Gasteiger partial charge in [0.2, 0.25) is 11.2 Å². The van der Waals surface area contributed by atoms with Crippen LogP contribution in [0.3, 0.4) is 0 Å². The highest BCUT2D eigenvalue weighted by Gasteiger charge is 2.23. The largest absolute Gasteiger partial charge is 0.452 e. The third-order valence-corrected chi connectivity index (χ3v) is 4.17. The molecular formula is C19H14Cl2O4. The Morgan fingerprint density at radius 3 is 2.52 bits per heavy atom. The van der Waals surface area contributed by atoms with Crippen LogP contribution < -0.4 is 10.2 Å². The van der Waals surface area contributed by atoms with Crippen LogP contribution in [-0.4, -0.2) is 5.97 Å². The average molecular weight is 377 g/mol. The van der Waals surface area contributed by atoms with Crippen LogP contribution in [0.2, 0.25) is 10.0 Å². The fraction of sp³-hybridized carbons (Fsp3) is 0.158. The molecule has 4 nitrogen and oxygen atoms in total. The minimum Gasteiger partial charge on any atom is -0.452 e. The van der Waals surface area contributed by atoms with E-state index in [4.69, 9.17) is 32.4 Å². The second-order valence-electron chi connectivity index (χ2n) is 5.79. The van der Waals surface area contributed by atoms with E-state index in [0.717, 1.165) is 0 Å². The maximum atomic E-state index is 12.9. The Balaban J connectivity index is 2.34. The molecule has 3 aromatic rings. The smallest absolute Gasteiger partial charge is 0.314 e. The summed E-state index contributed by atoms with van der Waals surface area (Å²) in [6.07, 6.45) is 0. The SMILES string of the molecule is CC(C)C(=O)Oc1c(-c2ccccc2Cl)oc2ccc(Cl)cc2c1=O. The van der Waals surface area contributed by atoms with E-state index in [1.165, 1.54) is 6.07 Å². The molecule has 0 unspecified atom stereocenters. The fourth-order valence-electron chi connectivity index (χ4n) is 2.28. The number of esters is 1. The highest BCUT2D eigenvalue weighted by Crippen LogP contribution is 2.35. The molecule has 0 aliphatic heterocycles. The average Bonchev–Trinajstić information content (AvgIpc) is 2.58. The Labute approximate surface area is 153 Å². The zero-order valence-corrected chi connectivity index (χ0v) is 15.0. The molecule has 3 rings (SSSR count). The van der Waals surface area contributed by atoms with Crippen molar-refractivity contribution in [2.45, 2.75) is 13.8 Å². The van der Waals surface area contributed by atoms with Gasteiger partial charge in [-0.1, -0.05) is 49.2 Å². The van der Waals surface area contributed by atoms with E-state index in [0.29, 0.717) is 21.2 Å². The second kappa shape index (κ2) is 6.90. The van der Waals surface area contributed by atoms with Crippen LogP contribution in [0.15, 0.2) is 51.7 Å². The monoisotopic (exact) mass is 376 g/mol. The molecular weight excluding hydrogens is 363 g/mol. The predicted molar refractivity (Wildman–Crippen MR) is 98.4 cm³/mol. The zero-order valence-electron chi connectivity index (χ0n) is 13.5. The van der Waals surface area contributed by atoms with Crippen molar-refractivity contribution in [1.82, 2.24) is 0 Å². The molecule has 1 heterocycles. The third-order valence-electron chi connectivity index (χ3n) is 3.60. The molecule has 0 aliphatic rings. The predicted octanol–water partition coefficient (Wildman–Crippen LogP) is 5.33. The minimum atomic E-state index is -0.540. The van der Waals surface area contributed by atoms with Crippen LogP contribution >= 0.6 is 23.2 Å². The van der Waals surface area contributed by atoms with Crippen molar-refractivity contribution in [3.63, 3.8) is 0 Å². The molecule has 0 radical (unpaired) electrons. The van der Waals surface area contributed by atoms with Crippen LogP contribution in [0.25, 0.3) is 22.3 Å². The van der Waals surface area contributed by atoms with Crippen molar-refractivity contribution in [1.29, 1.82) is 0 Å². The summed E-state index contributed by atoms with van der Waals surface area (Å²) in [5.74, 6) is -1.03. The van der Waals surface area contributed by atoms with Crippen molar-refractivity contribution >= 4 is 40.1 Å². The molecule has 2 aromatic carbocycles. The van der Waals surface area contributed by atoms with Crippen molar-refractivity contribution in [3.8, 4) is 17.1 Å². The molecule has 6 heteroatoms. The first kappa shape index (κ1) is 17.5. The van der Waals surface area contributed by atoms with Gasteiger partial charge in [-0.05, 0) is 30.3 Å². The molecule has 1 aromatic heterocycles. The van der Waals surface area contributed by atoms with Crippen molar-refractivity contribution in [2.75, 3.05) is 0 Å². The van der Waals surface area contributed by atoms with E-state index in [1.807, 2.05) is 0 Å². The van der Waals surface area contributed by atoms with E-state index in [2.05, 4.69) is 0 Å². The summed E-state index contributed by atoms with van der Waals surface area (Å²) in [6, 6.07) is 11.5. The number of ether oxygens (including phenoxy) is 1. The number of carbonyl (C=O) groups is 1. The van der Waals surface area contributed by atoms with E-state index in [1.54, 1.807) is 50.2 Å². The number of fused-ring (bicyclic) bond motifs is 1. The van der Waals surface area contributed by atoms with Gasteiger partial charge in [-0.2, -0.15) is 0 Å². The van der Waals surface area contributed by atoms with Crippen LogP contribution in [0.4, 0.5) is 0 Å². The number of hydrogen-bond acceptors (Lipinski definition) is 4. The molecule has 0 spiro atoms. The summed E-state index contributed by atoms with van der Waals surface area (Å²) in [7, 11) is 0. The number of hydrogen-bond donors (Lipinski definition) is 0. The van der Waals surface area contributed by atoms with Gasteiger partial charge in [0.15, 0.2) is 5.76 Å². The summed E-state index contributed by atoms with van der Waals surface area (Å²) in [5, 5.41) is 0.988. The first-order chi connectivity index (χ1) is 11.9. The molecule has 0 amide bonds. The lowest BCUT2D eigenvalue weighted by Crippen LogP contribution is -2.20. The van der Waals surface area contributed by atoms with Crippen LogP contribution in [-0.2, 0) is 4.79 Å². The van der Waals surface area contributed by atoms with Gasteiger partial charge in [0.25, 0.3) is 0 Å². The Morgan fingerprint density at radius 2 is 1.84 bits per heavy atom. The summed E-state index contributed by atoms with van der Waals surface area (Å²) in [6.45, 7) is 3.36. The van der Waals surface area contributed by atoms with E-state index >= 15 is 0 Å². The molecule has 0 saturated carbocycles. The molecule has 0 saturated heterocycles. The normalized spacial score (nSPS) is 11.1. The van der Waals surface area contributed by atoms with Gasteiger partial charge < -0.3 is 9.15 Å². The lowest BCUT2D eigenvalue weighted by Gasteiger charge is -2.12. The minimum absolute atomic E-state index is 0.111. The zero-order chi connectivity index (χ0) is 18.1. The van der Waals surface area contributed by atoms with Crippen molar-refractivity contribution in [3.05, 3.63) is 62.7 Å². The lowest BCUT2D eigenvalue weighted by atomic mass is 10.1. The first-order valence-electron chi connectivity index (χ1n) is 7.61. The second-order valence-corrected chi connectivity index (χ2v) is 6.63. The Hall–Kier alpha value is -2.30. The van der Waals surface area contributed by atoms with Gasteiger partial charge in [-0.3, -0.25) is 9.59 Å². The maximum Gasteiger partial charge on any atom is 0.314 e. The number of benzene rings is 2. The highest BCUT2D eigenvalue weighted by molar-refractivity contribution is 6.33. The number of carbonyl (C=O) groups excluding carboxylic acids is 1. The first-order valence-corrected chi connectivity index (χ1v) is 8.37. The van der Waals surface area contributed by atoms with Gasteiger partial charge in [0.1, 0.15) is 5.58 Å². The fourth-order valence-corrected chi connectivity index (χ4v) is 2.68. The molecule has 0 fully saturated rings. The van der Waals surface area contributed by atoms with E-state index < -0.39 is 17.3 Å². The van der Waals surface area contributed by atoms with Gasteiger partial charge in [0.05, 0.1) is 16.3 Å². The van der Waals surface area contributed by atoms with Crippen LogP contribution in [0, 0.1) is 5.92 Å². The molecule has 0 atom stereocenters. The molecule has 25 heavy (non-hydrogen) atoms. The topological polar surface area (TPSA) is 56.5 Å². The summed E-state index contributed by atoms with van der Waals surface area (Å²) in [4.78, 5) is 25.0. The third kappa shape index (κ3) is 3.41. The van der Waals surface area contributed by atoms with Gasteiger partial charge in [0, 0.05) is 10.6 Å². The van der Waals surface area contributed by atoms with Crippen LogP contribution in [0.1, 0.15) is 13.8 Å². The van der Waals surface area contributed by atoms with Gasteiger partial charge in [-0.15, -0.1) is 0 Å². The van der Waals surface area contributed by atoms with Crippen LogP contribution in [0.5, 0.6) is 5.75 Å². The Bertz CT molecular complexity index is 1020. The van der Waals surface area contributed by atoms with Crippen molar-refractivity contribution < 1.29 is 13.9 Å². The summed E-state index contributed by atoms with van der Waals surface area (Å²) in [5.41, 5.74) is 0.311. The maximum absolute atomic E-state index is 12.9. The Morgan fingerprint density at radius 1 is 1.12 bits per heavy atom. The molecule has 0 N–H and O–H groups in total. The van der Waals surface area contributed by atoms with E-state index in [-0.39, 0.29) is 16.9 Å². The highest BCUT2D eigenvalue weighted by atomic mass is 35.5. The number of rotatable bonds is 3. The van der Waals surface area contributed by atoms with Gasteiger partial charge in [-0.25, -0.2) is 0 Å². The quantitative estimate of drug-likeness (QED) is 0.579.